The lowest BCUT2D eigenvalue weighted by molar-refractivity contribution is -0.144. The molecule has 0 aliphatic rings. The van der Waals surface area contributed by atoms with Crippen LogP contribution in [-0.4, -0.2) is 25.6 Å². The molecule has 0 saturated carbocycles. The Morgan fingerprint density at radius 3 is 2.71 bits per heavy atom. The van der Waals surface area contributed by atoms with Crippen molar-refractivity contribution in [2.24, 2.45) is 0 Å². The molecule has 0 spiro atoms. The molecule has 1 N–H and O–H groups in total. The van der Waals surface area contributed by atoms with Crippen molar-refractivity contribution in [3.05, 3.63) is 17.5 Å². The van der Waals surface area contributed by atoms with E-state index in [1.165, 1.54) is 6.07 Å². The summed E-state index contributed by atoms with van der Waals surface area (Å²) >= 11 is 0.978. The fourth-order valence-corrected chi connectivity index (χ4v) is 2.69. The molecule has 0 aliphatic carbocycles. The molecule has 14 heavy (non-hydrogen) atoms. The van der Waals surface area contributed by atoms with E-state index in [-0.39, 0.29) is 4.21 Å². The summed E-state index contributed by atoms with van der Waals surface area (Å²) in [6.07, 6.45) is -1.37. The molecule has 5 nitrogen and oxygen atoms in total. The second-order valence-corrected chi connectivity index (χ2v) is 5.21. The van der Waals surface area contributed by atoms with E-state index in [1.54, 1.807) is 11.4 Å². The minimum Gasteiger partial charge on any atom is -0.479 e. The third-order valence-corrected chi connectivity index (χ3v) is 4.09. The Hall–Kier alpha value is -0.920. The fraction of sp³-hybridized carbons (Fsp3) is 0.286. The molecule has 1 unspecified atom stereocenters. The zero-order valence-corrected chi connectivity index (χ0v) is 8.84. The van der Waals surface area contributed by atoms with Gasteiger partial charge in [0.25, 0.3) is 0 Å². The van der Waals surface area contributed by atoms with Gasteiger partial charge in [0.15, 0.2) is 6.10 Å². The average molecular weight is 236 g/mol. The van der Waals surface area contributed by atoms with Gasteiger partial charge in [0.2, 0.25) is 0 Å². The van der Waals surface area contributed by atoms with E-state index in [0.29, 0.717) is 0 Å². The average Bonchev–Trinajstić information content (AvgIpc) is 2.54. The molecule has 1 aromatic heterocycles. The van der Waals surface area contributed by atoms with Gasteiger partial charge in [-0.3, -0.25) is 4.18 Å². The second kappa shape index (κ2) is 4.07. The third kappa shape index (κ3) is 2.53. The lowest BCUT2D eigenvalue weighted by Crippen LogP contribution is -2.23. The van der Waals surface area contributed by atoms with E-state index in [1.807, 2.05) is 0 Å². The summed E-state index contributed by atoms with van der Waals surface area (Å²) in [5.74, 6) is -1.31. The third-order valence-electron chi connectivity index (χ3n) is 1.36. The smallest absolute Gasteiger partial charge is 0.334 e. The fourth-order valence-electron chi connectivity index (χ4n) is 0.684. The van der Waals surface area contributed by atoms with E-state index in [9.17, 15) is 13.2 Å². The van der Waals surface area contributed by atoms with Gasteiger partial charge < -0.3 is 5.11 Å². The molecule has 0 aromatic carbocycles. The lowest BCUT2D eigenvalue weighted by atomic mass is 10.4. The summed E-state index contributed by atoms with van der Waals surface area (Å²) in [4.78, 5) is 10.4. The number of rotatable bonds is 4. The normalized spacial score (nSPS) is 13.8. The number of carboxylic acids is 1. The Bertz CT molecular complexity index is 405. The van der Waals surface area contributed by atoms with Crippen molar-refractivity contribution >= 4 is 27.4 Å². The minimum atomic E-state index is -3.92. The number of hydrogen-bond donors (Lipinski definition) is 1. The Kier molecular flexibility index (Phi) is 3.25. The molecule has 78 valence electrons. The quantitative estimate of drug-likeness (QED) is 0.786. The number of carboxylic acid groups (broad SMARTS) is 1. The van der Waals surface area contributed by atoms with Gasteiger partial charge in [-0.2, -0.15) is 8.42 Å². The molecule has 1 aromatic rings. The Labute approximate surface area is 85.1 Å². The highest BCUT2D eigenvalue weighted by Crippen LogP contribution is 2.19. The molecule has 1 rings (SSSR count). The largest absolute Gasteiger partial charge is 0.479 e. The maximum absolute atomic E-state index is 11.3. The minimum absolute atomic E-state index is 0.00519. The molecule has 0 amide bonds. The van der Waals surface area contributed by atoms with Crippen LogP contribution < -0.4 is 0 Å². The van der Waals surface area contributed by atoms with Crippen LogP contribution in [0.15, 0.2) is 21.7 Å². The summed E-state index contributed by atoms with van der Waals surface area (Å²) in [6, 6.07) is 2.90. The Balaban J connectivity index is 2.84. The monoisotopic (exact) mass is 236 g/mol. The van der Waals surface area contributed by atoms with E-state index < -0.39 is 22.2 Å². The van der Waals surface area contributed by atoms with Crippen LogP contribution in [0.5, 0.6) is 0 Å². The van der Waals surface area contributed by atoms with Crippen LogP contribution in [0.3, 0.4) is 0 Å². The van der Waals surface area contributed by atoms with Gasteiger partial charge in [0, 0.05) is 0 Å². The molecule has 0 aliphatic heterocycles. The van der Waals surface area contributed by atoms with Crippen molar-refractivity contribution in [2.75, 3.05) is 0 Å². The number of aliphatic carboxylic acids is 1. The van der Waals surface area contributed by atoms with Gasteiger partial charge in [0.1, 0.15) is 4.21 Å². The second-order valence-electron chi connectivity index (χ2n) is 2.46. The molecular weight excluding hydrogens is 228 g/mol. The van der Waals surface area contributed by atoms with E-state index in [4.69, 9.17) is 5.11 Å². The van der Waals surface area contributed by atoms with E-state index in [2.05, 4.69) is 4.18 Å². The van der Waals surface area contributed by atoms with Gasteiger partial charge in [-0.1, -0.05) is 6.07 Å². The summed E-state index contributed by atoms with van der Waals surface area (Å²) in [5.41, 5.74) is 0. The number of hydrogen-bond acceptors (Lipinski definition) is 5. The summed E-state index contributed by atoms with van der Waals surface area (Å²) < 4.78 is 27.1. The first-order valence-corrected chi connectivity index (χ1v) is 5.92. The summed E-state index contributed by atoms with van der Waals surface area (Å²) in [5, 5.41) is 10.0. The highest BCUT2D eigenvalue weighted by molar-refractivity contribution is 7.89. The van der Waals surface area contributed by atoms with Crippen molar-refractivity contribution in [3.63, 3.8) is 0 Å². The highest BCUT2D eigenvalue weighted by Gasteiger charge is 2.23. The molecule has 1 atom stereocenters. The molecule has 0 bridgehead atoms. The van der Waals surface area contributed by atoms with Crippen molar-refractivity contribution in [2.45, 2.75) is 17.2 Å². The van der Waals surface area contributed by atoms with Crippen molar-refractivity contribution in [1.29, 1.82) is 0 Å². The lowest BCUT2D eigenvalue weighted by Gasteiger charge is -2.06. The van der Waals surface area contributed by atoms with Gasteiger partial charge in [-0.05, 0) is 18.4 Å². The molecule has 0 saturated heterocycles. The van der Waals surface area contributed by atoms with Gasteiger partial charge in [-0.25, -0.2) is 4.79 Å². The van der Waals surface area contributed by atoms with Crippen molar-refractivity contribution in [1.82, 2.24) is 0 Å². The zero-order chi connectivity index (χ0) is 10.8. The van der Waals surface area contributed by atoms with Crippen LogP contribution in [0.25, 0.3) is 0 Å². The first-order chi connectivity index (χ1) is 6.43. The van der Waals surface area contributed by atoms with Crippen LogP contribution in [-0.2, 0) is 19.1 Å². The van der Waals surface area contributed by atoms with Gasteiger partial charge >= 0.3 is 16.1 Å². The first-order valence-electron chi connectivity index (χ1n) is 3.63. The van der Waals surface area contributed by atoms with Crippen LogP contribution in [0, 0.1) is 0 Å². The van der Waals surface area contributed by atoms with E-state index >= 15 is 0 Å². The highest BCUT2D eigenvalue weighted by atomic mass is 32.3. The number of carbonyl (C=O) groups is 1. The summed E-state index contributed by atoms with van der Waals surface area (Å²) in [6.45, 7) is 1.16. The maximum atomic E-state index is 11.3. The van der Waals surface area contributed by atoms with Crippen LogP contribution in [0.1, 0.15) is 6.92 Å². The predicted octanol–water partition coefficient (Wildman–Crippen LogP) is 0.927. The molecule has 7 heteroatoms. The van der Waals surface area contributed by atoms with Crippen molar-refractivity contribution in [3.8, 4) is 0 Å². The zero-order valence-electron chi connectivity index (χ0n) is 7.21. The van der Waals surface area contributed by atoms with E-state index in [0.717, 1.165) is 18.3 Å². The molecular formula is C7H8O5S2. The SMILES string of the molecule is CC(OS(=O)(=O)c1cccs1)C(=O)O. The molecule has 0 fully saturated rings. The maximum Gasteiger partial charge on any atom is 0.334 e. The topological polar surface area (TPSA) is 80.7 Å². The molecule has 1 heterocycles. The molecule has 0 radical (unpaired) electrons. The number of thiophene rings is 1. The Morgan fingerprint density at radius 1 is 1.64 bits per heavy atom. The van der Waals surface area contributed by atoms with Gasteiger partial charge in [-0.15, -0.1) is 11.3 Å². The van der Waals surface area contributed by atoms with Crippen LogP contribution in [0.4, 0.5) is 0 Å². The van der Waals surface area contributed by atoms with Crippen molar-refractivity contribution < 1.29 is 22.5 Å². The predicted molar refractivity (Wildman–Crippen MR) is 49.7 cm³/mol. The standard InChI is InChI=1S/C7H8O5S2/c1-5(7(8)9)12-14(10,11)6-3-2-4-13-6/h2-5H,1H3,(H,8,9). The Morgan fingerprint density at radius 2 is 2.29 bits per heavy atom. The van der Waals surface area contributed by atoms with Crippen LogP contribution >= 0.6 is 11.3 Å². The first kappa shape index (κ1) is 11.2. The van der Waals surface area contributed by atoms with Gasteiger partial charge in [0.05, 0.1) is 0 Å². The summed E-state index contributed by atoms with van der Waals surface area (Å²) in [7, 11) is -3.92. The van der Waals surface area contributed by atoms with Crippen LogP contribution in [0.2, 0.25) is 0 Å².